The molecule has 0 aromatic rings. The van der Waals surface area contributed by atoms with E-state index in [1.165, 1.54) is 25.7 Å². The van der Waals surface area contributed by atoms with Crippen molar-refractivity contribution in [1.29, 1.82) is 0 Å². The van der Waals surface area contributed by atoms with E-state index in [0.29, 0.717) is 0 Å². The molecule has 4 heteroatoms. The second-order valence-electron chi connectivity index (χ2n) is 7.29. The average Bonchev–Trinajstić information content (AvgIpc) is 3.06. The zero-order valence-electron chi connectivity index (χ0n) is 13.2. The minimum Gasteiger partial charge on any atom is -1.00 e. The molecule has 0 spiro atoms. The van der Waals surface area contributed by atoms with Crippen LogP contribution in [0, 0.1) is 5.92 Å². The fraction of sp³-hybridized carbons (Fsp3) is 0.556. The molecule has 0 N–H and O–H groups in total. The molecule has 0 aromatic carbocycles. The maximum Gasteiger partial charge on any atom is -1.00 e. The summed E-state index contributed by atoms with van der Waals surface area (Å²) in [5.74, 6) is 0.931. The van der Waals surface area contributed by atoms with Crippen LogP contribution in [0.4, 0.5) is 0 Å². The summed E-state index contributed by atoms with van der Waals surface area (Å²) in [6, 6.07) is 3.25. The van der Waals surface area contributed by atoms with E-state index in [-0.39, 0.29) is 24.8 Å². The Morgan fingerprint density at radius 1 is 1.14 bits per heavy atom. The number of halogens is 2. The van der Waals surface area contributed by atoms with Crippen molar-refractivity contribution in [3.05, 3.63) is 45.3 Å². The van der Waals surface area contributed by atoms with Gasteiger partial charge in [-0.15, -0.1) is 0 Å². The number of rotatable bonds is 3. The molecule has 0 radical (unpaired) electrons. The number of allylic oxidation sites excluding steroid dienone is 8. The van der Waals surface area contributed by atoms with Gasteiger partial charge < -0.3 is 24.8 Å². The van der Waals surface area contributed by atoms with Crippen molar-refractivity contribution in [2.75, 3.05) is 0 Å². The first-order valence-electron chi connectivity index (χ1n) is 8.25. The summed E-state index contributed by atoms with van der Waals surface area (Å²) in [4.78, 5) is 0. The van der Waals surface area contributed by atoms with Crippen LogP contribution in [0.25, 0.3) is 0 Å². The Labute approximate surface area is 160 Å². The van der Waals surface area contributed by atoms with Crippen molar-refractivity contribution in [2.45, 2.75) is 53.5 Å². The van der Waals surface area contributed by atoms with Gasteiger partial charge in [0, 0.05) is 0 Å². The summed E-state index contributed by atoms with van der Waals surface area (Å²) in [7, 11) is -0.985. The van der Waals surface area contributed by atoms with E-state index in [1.54, 1.807) is 18.5 Å². The molecule has 2 atom stereocenters. The quantitative estimate of drug-likeness (QED) is 0.525. The molecule has 0 amide bonds. The fourth-order valence-electron chi connectivity index (χ4n) is 4.86. The van der Waals surface area contributed by atoms with E-state index in [2.05, 4.69) is 43.0 Å². The predicted molar refractivity (Wildman–Crippen MR) is 84.9 cm³/mol. The first-order valence-corrected chi connectivity index (χ1v) is 13.6. The van der Waals surface area contributed by atoms with Crippen molar-refractivity contribution in [3.8, 4) is 0 Å². The molecule has 2 fully saturated rings. The summed E-state index contributed by atoms with van der Waals surface area (Å²) in [5, 5.41) is 0. The standard InChI is InChI=1S/C13H19Si.C5H5.2ClH.Zr/c1-14(9-4-10-14)13-8-7-11-5-2-3-6-12(11)13;1-2-4-5-3-1;;;/h2-3,6,11H,4-5,7-10H2,1H3;1-3H,4H2;2*1H;/q;;;;+2/p-2. The van der Waals surface area contributed by atoms with E-state index in [1.807, 2.05) is 8.85 Å². The zero-order chi connectivity index (χ0) is 13.6. The normalized spacial score (nSPS) is 33.6. The van der Waals surface area contributed by atoms with Crippen LogP contribution in [0.15, 0.2) is 45.3 Å². The van der Waals surface area contributed by atoms with E-state index in [4.69, 9.17) is 0 Å². The van der Waals surface area contributed by atoms with Crippen LogP contribution in [0.1, 0.15) is 32.1 Å². The molecule has 1 saturated heterocycles. The molecule has 0 aromatic heterocycles. The third-order valence-corrected chi connectivity index (χ3v) is 21.0. The van der Waals surface area contributed by atoms with Crippen molar-refractivity contribution in [1.82, 2.24) is 0 Å². The molecule has 4 aliphatic rings. The summed E-state index contributed by atoms with van der Waals surface area (Å²) in [5.41, 5.74) is 1.95. The maximum absolute atomic E-state index is 2.77. The molecular formula is C18H24Cl2SiZr. The molecule has 1 saturated carbocycles. The maximum atomic E-state index is 2.77. The molecule has 4 rings (SSSR count). The van der Waals surface area contributed by atoms with Crippen LogP contribution in [-0.2, 0) is 23.2 Å². The molecule has 1 heterocycles. The van der Waals surface area contributed by atoms with Gasteiger partial charge in [0.15, 0.2) is 0 Å². The van der Waals surface area contributed by atoms with Crippen LogP contribution >= 0.6 is 0 Å². The first-order chi connectivity index (χ1) is 9.74. The van der Waals surface area contributed by atoms with Crippen LogP contribution in [0.3, 0.4) is 0 Å². The van der Waals surface area contributed by atoms with Crippen LogP contribution in [-0.4, -0.2) is 8.07 Å². The first kappa shape index (κ1) is 19.0. The van der Waals surface area contributed by atoms with Gasteiger partial charge >= 0.3 is 136 Å². The van der Waals surface area contributed by atoms with E-state index < -0.39 is 31.3 Å². The monoisotopic (exact) mass is 428 g/mol. The smallest absolute Gasteiger partial charge is 1.00 e. The van der Waals surface area contributed by atoms with Gasteiger partial charge in [-0.1, -0.05) is 0 Å². The van der Waals surface area contributed by atoms with Gasteiger partial charge in [-0.05, 0) is 0 Å². The molecule has 0 bridgehead atoms. The van der Waals surface area contributed by atoms with Crippen molar-refractivity contribution < 1.29 is 48.0 Å². The third-order valence-electron chi connectivity index (χ3n) is 6.27. The zero-order valence-corrected chi connectivity index (χ0v) is 18.2. The van der Waals surface area contributed by atoms with Crippen LogP contribution in [0.2, 0.25) is 21.4 Å². The minimum atomic E-state index is -0.985. The van der Waals surface area contributed by atoms with Gasteiger partial charge in [0.05, 0.1) is 0 Å². The van der Waals surface area contributed by atoms with Gasteiger partial charge in [0.1, 0.15) is 0 Å². The van der Waals surface area contributed by atoms with Crippen molar-refractivity contribution in [2.24, 2.45) is 5.92 Å². The van der Waals surface area contributed by atoms with Gasteiger partial charge in [0.2, 0.25) is 0 Å². The van der Waals surface area contributed by atoms with Crippen molar-refractivity contribution >= 4 is 8.07 Å². The fourth-order valence-corrected chi connectivity index (χ4v) is 18.2. The molecule has 0 nitrogen and oxygen atoms in total. The van der Waals surface area contributed by atoms with Gasteiger partial charge in [-0.25, -0.2) is 0 Å². The SMILES string of the molecule is C[Si]1([C]2([Zr+2][C]3=CC=CC3)CCC3CC=CC=C32)CCC1.[Cl-].[Cl-]. The molecule has 2 unspecified atom stereocenters. The second kappa shape index (κ2) is 7.26. The molecule has 3 aliphatic carbocycles. The molecule has 22 heavy (non-hydrogen) atoms. The van der Waals surface area contributed by atoms with Crippen LogP contribution < -0.4 is 24.8 Å². The number of hydrogen-bond donors (Lipinski definition) is 0. The number of hydrogen-bond acceptors (Lipinski definition) is 0. The number of fused-ring (bicyclic) bond motifs is 1. The van der Waals surface area contributed by atoms with Gasteiger partial charge in [-0.2, -0.15) is 0 Å². The largest absolute Gasteiger partial charge is 1.00 e. The Balaban J connectivity index is 0.000000882. The summed E-state index contributed by atoms with van der Waals surface area (Å²) < 4.78 is 2.67. The Morgan fingerprint density at radius 3 is 2.55 bits per heavy atom. The third kappa shape index (κ3) is 2.87. The Bertz CT molecular complexity index is 545. The molecule has 118 valence electrons. The minimum absolute atomic E-state index is 0. The van der Waals surface area contributed by atoms with Gasteiger partial charge in [-0.3, -0.25) is 0 Å². The average molecular weight is 431 g/mol. The van der Waals surface area contributed by atoms with Gasteiger partial charge in [0.25, 0.3) is 0 Å². The summed E-state index contributed by atoms with van der Waals surface area (Å²) in [6.45, 7) is 2.77. The van der Waals surface area contributed by atoms with E-state index in [0.717, 1.165) is 8.66 Å². The van der Waals surface area contributed by atoms with E-state index >= 15 is 0 Å². The molecule has 1 aliphatic heterocycles. The Hall–Kier alpha value is 0.640. The Morgan fingerprint density at radius 2 is 1.91 bits per heavy atom. The second-order valence-corrected chi connectivity index (χ2v) is 17.8. The van der Waals surface area contributed by atoms with Crippen LogP contribution in [0.5, 0.6) is 0 Å². The topological polar surface area (TPSA) is 0 Å². The summed E-state index contributed by atoms with van der Waals surface area (Å²) in [6.07, 6.45) is 21.8. The Kier molecular flexibility index (Phi) is 6.26. The predicted octanol–water partition coefficient (Wildman–Crippen LogP) is -0.603. The summed E-state index contributed by atoms with van der Waals surface area (Å²) >= 11 is -0.450. The van der Waals surface area contributed by atoms with Crippen molar-refractivity contribution in [3.63, 3.8) is 0 Å². The van der Waals surface area contributed by atoms with E-state index in [9.17, 15) is 0 Å². The molecular weight excluding hydrogens is 406 g/mol.